The van der Waals surface area contributed by atoms with Gasteiger partial charge in [0.1, 0.15) is 5.82 Å². The molecule has 0 radical (unpaired) electrons. The number of urea groups is 1. The van der Waals surface area contributed by atoms with E-state index < -0.39 is 12.0 Å². The first-order chi connectivity index (χ1) is 10.0. The van der Waals surface area contributed by atoms with Gasteiger partial charge in [-0.2, -0.15) is 0 Å². The smallest absolute Gasteiger partial charge is 0.324 e. The summed E-state index contributed by atoms with van der Waals surface area (Å²) < 4.78 is 0. The molecule has 0 saturated heterocycles. The van der Waals surface area contributed by atoms with Crippen molar-refractivity contribution in [1.82, 2.24) is 4.98 Å². The Kier molecular flexibility index (Phi) is 4.50. The summed E-state index contributed by atoms with van der Waals surface area (Å²) >= 11 is 0. The molecule has 0 bridgehead atoms. The average molecular weight is 285 g/mol. The van der Waals surface area contributed by atoms with Crippen molar-refractivity contribution in [1.29, 1.82) is 0 Å². The van der Waals surface area contributed by atoms with Crippen LogP contribution in [0, 0.1) is 6.92 Å². The first-order valence-corrected chi connectivity index (χ1v) is 6.35. The van der Waals surface area contributed by atoms with Crippen molar-refractivity contribution in [2.24, 2.45) is 0 Å². The zero-order chi connectivity index (χ0) is 15.2. The fourth-order valence-electron chi connectivity index (χ4n) is 1.76. The number of anilines is 2. The van der Waals surface area contributed by atoms with Gasteiger partial charge in [0.15, 0.2) is 0 Å². The second-order valence-electron chi connectivity index (χ2n) is 4.52. The molecule has 0 fully saturated rings. The molecule has 0 aliphatic rings. The summed E-state index contributed by atoms with van der Waals surface area (Å²) in [5.74, 6) is -0.565. The van der Waals surface area contributed by atoms with E-state index in [1.54, 1.807) is 18.2 Å². The van der Waals surface area contributed by atoms with Crippen LogP contribution in [0.2, 0.25) is 0 Å². The number of para-hydroxylation sites is 1. The molecule has 1 aromatic carbocycles. The summed E-state index contributed by atoms with van der Waals surface area (Å²) in [6.07, 6.45) is 1.33. The van der Waals surface area contributed by atoms with Gasteiger partial charge in [-0.3, -0.25) is 10.1 Å². The van der Waals surface area contributed by atoms with E-state index >= 15 is 0 Å². The summed E-state index contributed by atoms with van der Waals surface area (Å²) in [7, 11) is 0. The number of hydrogen-bond acceptors (Lipinski definition) is 3. The third-order valence-electron chi connectivity index (χ3n) is 2.81. The molecule has 0 aliphatic carbocycles. The quantitative estimate of drug-likeness (QED) is 0.805. The lowest BCUT2D eigenvalue weighted by Crippen LogP contribution is -2.20. The van der Waals surface area contributed by atoms with Crippen molar-refractivity contribution in [3.63, 3.8) is 0 Å². The van der Waals surface area contributed by atoms with E-state index in [-0.39, 0.29) is 6.42 Å². The predicted molar refractivity (Wildman–Crippen MR) is 79.4 cm³/mol. The van der Waals surface area contributed by atoms with Crippen molar-refractivity contribution < 1.29 is 14.7 Å². The van der Waals surface area contributed by atoms with Gasteiger partial charge < -0.3 is 10.4 Å². The molecule has 108 valence electrons. The number of nitrogens with zero attached hydrogens (tertiary/aromatic N) is 1. The number of carbonyl (C=O) groups excluding carboxylic acids is 1. The molecule has 2 rings (SSSR count). The summed E-state index contributed by atoms with van der Waals surface area (Å²) in [5.41, 5.74) is 2.25. The molecular weight excluding hydrogens is 270 g/mol. The summed E-state index contributed by atoms with van der Waals surface area (Å²) in [6, 6.07) is 10.2. The van der Waals surface area contributed by atoms with E-state index in [0.29, 0.717) is 11.4 Å². The van der Waals surface area contributed by atoms with E-state index in [1.165, 1.54) is 6.20 Å². The van der Waals surface area contributed by atoms with Gasteiger partial charge in [-0.1, -0.05) is 24.3 Å². The first kappa shape index (κ1) is 14.5. The number of pyridine rings is 1. The van der Waals surface area contributed by atoms with E-state index in [9.17, 15) is 9.59 Å². The highest BCUT2D eigenvalue weighted by atomic mass is 16.4. The van der Waals surface area contributed by atoms with Crippen molar-refractivity contribution in [2.75, 3.05) is 10.6 Å². The van der Waals surface area contributed by atoms with Gasteiger partial charge in [-0.25, -0.2) is 9.78 Å². The minimum absolute atomic E-state index is 0.0946. The van der Waals surface area contributed by atoms with Crippen LogP contribution in [0.1, 0.15) is 11.1 Å². The van der Waals surface area contributed by atoms with Crippen LogP contribution in [0.5, 0.6) is 0 Å². The lowest BCUT2D eigenvalue weighted by Gasteiger charge is -2.09. The Hall–Kier alpha value is -2.89. The van der Waals surface area contributed by atoms with Gasteiger partial charge in [0.25, 0.3) is 0 Å². The minimum Gasteiger partial charge on any atom is -0.481 e. The van der Waals surface area contributed by atoms with Gasteiger partial charge in [0, 0.05) is 11.9 Å². The third-order valence-corrected chi connectivity index (χ3v) is 2.81. The molecule has 2 amide bonds. The highest BCUT2D eigenvalue weighted by molar-refractivity contribution is 5.99. The fraction of sp³-hybridized carbons (Fsp3) is 0.133. The molecule has 0 unspecified atom stereocenters. The zero-order valence-corrected chi connectivity index (χ0v) is 11.5. The summed E-state index contributed by atoms with van der Waals surface area (Å²) in [5, 5.41) is 14.0. The van der Waals surface area contributed by atoms with E-state index in [0.717, 1.165) is 11.3 Å². The number of carboxylic acid groups (broad SMARTS) is 1. The maximum absolute atomic E-state index is 11.8. The minimum atomic E-state index is -0.921. The zero-order valence-electron chi connectivity index (χ0n) is 11.5. The summed E-state index contributed by atoms with van der Waals surface area (Å²) in [6.45, 7) is 1.90. The highest BCUT2D eigenvalue weighted by Crippen LogP contribution is 2.13. The van der Waals surface area contributed by atoms with Crippen molar-refractivity contribution in [3.8, 4) is 0 Å². The molecule has 0 spiro atoms. The summed E-state index contributed by atoms with van der Waals surface area (Å²) in [4.78, 5) is 26.4. The Labute approximate surface area is 121 Å². The van der Waals surface area contributed by atoms with E-state index in [2.05, 4.69) is 15.6 Å². The Morgan fingerprint density at radius 1 is 1.14 bits per heavy atom. The SMILES string of the molecule is Cc1ccccc1NC(=O)Nc1ccc(CC(=O)O)cn1. The number of aromatic nitrogens is 1. The Balaban J connectivity index is 1.96. The van der Waals surface area contributed by atoms with E-state index in [4.69, 9.17) is 5.11 Å². The maximum Gasteiger partial charge on any atom is 0.324 e. The number of carboxylic acids is 1. The molecule has 6 heteroatoms. The van der Waals surface area contributed by atoms with Crippen LogP contribution < -0.4 is 10.6 Å². The van der Waals surface area contributed by atoms with Gasteiger partial charge >= 0.3 is 12.0 Å². The number of rotatable bonds is 4. The first-order valence-electron chi connectivity index (χ1n) is 6.35. The predicted octanol–water partition coefficient (Wildman–Crippen LogP) is 2.66. The molecule has 0 saturated carbocycles. The number of aryl methyl sites for hydroxylation is 1. The van der Waals surface area contributed by atoms with Crippen LogP contribution in [0.25, 0.3) is 0 Å². The van der Waals surface area contributed by atoms with Gasteiger partial charge in [0.05, 0.1) is 6.42 Å². The number of nitrogens with one attached hydrogen (secondary N) is 2. The van der Waals surface area contributed by atoms with Gasteiger partial charge in [-0.15, -0.1) is 0 Å². The second-order valence-corrected chi connectivity index (χ2v) is 4.52. The lowest BCUT2D eigenvalue weighted by atomic mass is 10.2. The molecule has 0 aliphatic heterocycles. The van der Waals surface area contributed by atoms with Crippen LogP contribution in [0.3, 0.4) is 0 Å². The Morgan fingerprint density at radius 2 is 1.90 bits per heavy atom. The van der Waals surface area contributed by atoms with Crippen molar-refractivity contribution in [2.45, 2.75) is 13.3 Å². The molecule has 6 nitrogen and oxygen atoms in total. The highest BCUT2D eigenvalue weighted by Gasteiger charge is 2.06. The average Bonchev–Trinajstić information content (AvgIpc) is 2.43. The Bertz CT molecular complexity index is 653. The topological polar surface area (TPSA) is 91.3 Å². The number of amides is 2. The van der Waals surface area contributed by atoms with Crippen LogP contribution >= 0.6 is 0 Å². The standard InChI is InChI=1S/C15H15N3O3/c1-10-4-2-3-5-12(10)17-15(21)18-13-7-6-11(9-16-13)8-14(19)20/h2-7,9H,8H2,1H3,(H,19,20)(H2,16,17,18,21). The number of carbonyl (C=O) groups is 2. The van der Waals surface area contributed by atoms with Crippen LogP contribution in [-0.4, -0.2) is 22.1 Å². The normalized spacial score (nSPS) is 9.95. The van der Waals surface area contributed by atoms with Crippen molar-refractivity contribution >= 4 is 23.5 Å². The van der Waals surface area contributed by atoms with E-state index in [1.807, 2.05) is 25.1 Å². The number of hydrogen-bond donors (Lipinski definition) is 3. The van der Waals surface area contributed by atoms with Crippen molar-refractivity contribution in [3.05, 3.63) is 53.7 Å². The van der Waals surface area contributed by atoms with Crippen LogP contribution in [0.15, 0.2) is 42.6 Å². The molecule has 3 N–H and O–H groups in total. The fourth-order valence-corrected chi connectivity index (χ4v) is 1.76. The second kappa shape index (κ2) is 6.51. The maximum atomic E-state index is 11.8. The van der Waals surface area contributed by atoms with Crippen LogP contribution in [-0.2, 0) is 11.2 Å². The molecule has 1 aromatic heterocycles. The van der Waals surface area contributed by atoms with Gasteiger partial charge in [-0.05, 0) is 30.2 Å². The number of benzene rings is 1. The molecular formula is C15H15N3O3. The van der Waals surface area contributed by atoms with Gasteiger partial charge in [0.2, 0.25) is 0 Å². The largest absolute Gasteiger partial charge is 0.481 e. The lowest BCUT2D eigenvalue weighted by molar-refractivity contribution is -0.136. The molecule has 2 aromatic rings. The molecule has 21 heavy (non-hydrogen) atoms. The molecule has 1 heterocycles. The number of aliphatic carboxylic acids is 1. The monoisotopic (exact) mass is 285 g/mol. The van der Waals surface area contributed by atoms with Crippen LogP contribution in [0.4, 0.5) is 16.3 Å². The molecule has 0 atom stereocenters. The Morgan fingerprint density at radius 3 is 2.52 bits per heavy atom. The third kappa shape index (κ3) is 4.31.